The van der Waals surface area contributed by atoms with Crippen LogP contribution in [0.15, 0.2) is 41.2 Å². The highest BCUT2D eigenvalue weighted by molar-refractivity contribution is 5.49. The highest BCUT2D eigenvalue weighted by Crippen LogP contribution is 2.13. The number of hydrogen-bond acceptors (Lipinski definition) is 2. The fourth-order valence-electron chi connectivity index (χ4n) is 2.30. The van der Waals surface area contributed by atoms with E-state index in [4.69, 9.17) is 0 Å². The lowest BCUT2D eigenvalue weighted by Gasteiger charge is -2.10. The van der Waals surface area contributed by atoms with Crippen LogP contribution in [0.2, 0.25) is 0 Å². The third-order valence-electron chi connectivity index (χ3n) is 3.39. The molecule has 2 aromatic heterocycles. The van der Waals surface area contributed by atoms with Crippen LogP contribution in [0.25, 0.3) is 5.52 Å². The molecule has 0 saturated carbocycles. The van der Waals surface area contributed by atoms with E-state index in [2.05, 4.69) is 5.10 Å². The van der Waals surface area contributed by atoms with E-state index in [0.717, 1.165) is 10.1 Å². The molecule has 0 saturated heterocycles. The molecular formula is C15H14FN3O. The summed E-state index contributed by atoms with van der Waals surface area (Å²) >= 11 is 0. The molecule has 0 bridgehead atoms. The summed E-state index contributed by atoms with van der Waals surface area (Å²) in [7, 11) is 0. The van der Waals surface area contributed by atoms with E-state index in [1.54, 1.807) is 24.5 Å². The Balaban J connectivity index is 2.19. The quantitative estimate of drug-likeness (QED) is 0.717. The zero-order valence-electron chi connectivity index (χ0n) is 11.3. The van der Waals surface area contributed by atoms with Gasteiger partial charge >= 0.3 is 5.69 Å². The van der Waals surface area contributed by atoms with E-state index < -0.39 is 5.82 Å². The van der Waals surface area contributed by atoms with Crippen LogP contribution >= 0.6 is 0 Å². The van der Waals surface area contributed by atoms with Gasteiger partial charge in [-0.25, -0.2) is 9.18 Å². The first kappa shape index (κ1) is 12.6. The summed E-state index contributed by atoms with van der Waals surface area (Å²) in [5.74, 6) is -0.433. The largest absolute Gasteiger partial charge is 0.349 e. The third-order valence-corrected chi connectivity index (χ3v) is 3.39. The lowest BCUT2D eigenvalue weighted by molar-refractivity contribution is 0.627. The van der Waals surface area contributed by atoms with Crippen LogP contribution in [-0.4, -0.2) is 14.2 Å². The summed E-state index contributed by atoms with van der Waals surface area (Å²) in [5.41, 5.74) is 1.87. The molecule has 0 radical (unpaired) electrons. The second-order valence-electron chi connectivity index (χ2n) is 4.84. The van der Waals surface area contributed by atoms with Gasteiger partial charge in [-0.3, -0.25) is 4.57 Å². The van der Waals surface area contributed by atoms with Crippen molar-refractivity contribution in [1.29, 1.82) is 0 Å². The van der Waals surface area contributed by atoms with Gasteiger partial charge in [0.2, 0.25) is 0 Å². The van der Waals surface area contributed by atoms with Crippen LogP contribution in [0, 0.1) is 19.7 Å². The number of nitrogens with zero attached hydrogens (tertiary/aromatic N) is 3. The highest BCUT2D eigenvalue weighted by Gasteiger charge is 2.14. The molecule has 5 heteroatoms. The molecule has 0 spiro atoms. The minimum Gasteiger partial charge on any atom is -0.292 e. The minimum absolute atomic E-state index is 0.231. The normalized spacial score (nSPS) is 11.2. The lowest BCUT2D eigenvalue weighted by atomic mass is 10.2. The second-order valence-corrected chi connectivity index (χ2v) is 4.84. The predicted molar refractivity (Wildman–Crippen MR) is 74.4 cm³/mol. The molecule has 0 fully saturated rings. The molecular weight excluding hydrogens is 257 g/mol. The molecule has 0 amide bonds. The Labute approximate surface area is 115 Å². The van der Waals surface area contributed by atoms with Gasteiger partial charge in [-0.15, -0.1) is 0 Å². The zero-order valence-corrected chi connectivity index (χ0v) is 11.3. The van der Waals surface area contributed by atoms with E-state index in [0.29, 0.717) is 12.2 Å². The molecule has 0 aliphatic carbocycles. The van der Waals surface area contributed by atoms with Gasteiger partial charge in [-0.1, -0.05) is 30.3 Å². The average molecular weight is 271 g/mol. The van der Waals surface area contributed by atoms with E-state index in [-0.39, 0.29) is 16.9 Å². The van der Waals surface area contributed by atoms with Gasteiger partial charge < -0.3 is 0 Å². The van der Waals surface area contributed by atoms with E-state index in [1.165, 1.54) is 0 Å². The standard InChI is InChI=1S/C15H14FN3O/c1-10-8-13-14(16)11(2)17-19(13)15(20)18(10)9-12-6-4-3-5-7-12/h3-8H,9H2,1-2H3. The maximum atomic E-state index is 13.8. The number of halogens is 1. The van der Waals surface area contributed by atoms with Crippen LogP contribution in [0.3, 0.4) is 0 Å². The van der Waals surface area contributed by atoms with Gasteiger partial charge in [-0.05, 0) is 25.5 Å². The molecule has 20 heavy (non-hydrogen) atoms. The first-order valence-electron chi connectivity index (χ1n) is 6.37. The van der Waals surface area contributed by atoms with Crippen molar-refractivity contribution in [2.45, 2.75) is 20.4 Å². The van der Waals surface area contributed by atoms with Crippen LogP contribution in [0.5, 0.6) is 0 Å². The van der Waals surface area contributed by atoms with Crippen LogP contribution in [-0.2, 0) is 6.54 Å². The Hall–Kier alpha value is -2.43. The van der Waals surface area contributed by atoms with Crippen molar-refractivity contribution in [1.82, 2.24) is 14.2 Å². The molecule has 4 nitrogen and oxygen atoms in total. The number of hydrogen-bond donors (Lipinski definition) is 0. The number of aryl methyl sites for hydroxylation is 2. The zero-order chi connectivity index (χ0) is 14.3. The monoisotopic (exact) mass is 271 g/mol. The number of benzene rings is 1. The maximum Gasteiger partial charge on any atom is 0.349 e. The maximum absolute atomic E-state index is 13.8. The summed E-state index contributed by atoms with van der Waals surface area (Å²) < 4.78 is 16.6. The molecule has 3 rings (SSSR count). The Morgan fingerprint density at radius 1 is 1.20 bits per heavy atom. The minimum atomic E-state index is -0.433. The summed E-state index contributed by atoms with van der Waals surface area (Å²) in [6, 6.07) is 11.3. The molecule has 3 aromatic rings. The SMILES string of the molecule is Cc1nn2c(=O)n(Cc3ccccc3)c(C)cc2c1F. The number of fused-ring (bicyclic) bond motifs is 1. The number of aromatic nitrogens is 3. The van der Waals surface area contributed by atoms with Crippen LogP contribution < -0.4 is 5.69 Å². The van der Waals surface area contributed by atoms with Crippen molar-refractivity contribution in [3.05, 3.63) is 69.7 Å². The second kappa shape index (κ2) is 4.59. The molecule has 0 unspecified atom stereocenters. The van der Waals surface area contributed by atoms with Crippen LogP contribution in [0.4, 0.5) is 4.39 Å². The van der Waals surface area contributed by atoms with Crippen LogP contribution in [0.1, 0.15) is 17.0 Å². The van der Waals surface area contributed by atoms with Crippen molar-refractivity contribution < 1.29 is 4.39 Å². The molecule has 1 aromatic carbocycles. The molecule has 0 aliphatic rings. The topological polar surface area (TPSA) is 39.3 Å². The molecule has 0 N–H and O–H groups in total. The average Bonchev–Trinajstić information content (AvgIpc) is 2.73. The molecule has 2 heterocycles. The van der Waals surface area contributed by atoms with Crippen molar-refractivity contribution in [2.24, 2.45) is 0 Å². The van der Waals surface area contributed by atoms with Crippen molar-refractivity contribution >= 4 is 5.52 Å². The Kier molecular flexibility index (Phi) is 2.89. The smallest absolute Gasteiger partial charge is 0.292 e. The summed E-state index contributed by atoms with van der Waals surface area (Å²) in [6.07, 6.45) is 0. The predicted octanol–water partition coefficient (Wildman–Crippen LogP) is 2.30. The fraction of sp³-hybridized carbons (Fsp3) is 0.200. The van der Waals surface area contributed by atoms with Gasteiger partial charge in [0, 0.05) is 5.69 Å². The summed E-state index contributed by atoms with van der Waals surface area (Å²) in [4.78, 5) is 12.4. The van der Waals surface area contributed by atoms with E-state index in [9.17, 15) is 9.18 Å². The van der Waals surface area contributed by atoms with Crippen molar-refractivity contribution in [2.75, 3.05) is 0 Å². The van der Waals surface area contributed by atoms with Gasteiger partial charge in [-0.2, -0.15) is 9.61 Å². The lowest BCUT2D eigenvalue weighted by Crippen LogP contribution is -2.29. The van der Waals surface area contributed by atoms with Gasteiger partial charge in [0.15, 0.2) is 5.82 Å². The van der Waals surface area contributed by atoms with E-state index >= 15 is 0 Å². The molecule has 0 atom stereocenters. The summed E-state index contributed by atoms with van der Waals surface area (Å²) in [6.45, 7) is 3.80. The van der Waals surface area contributed by atoms with Gasteiger partial charge in [0.25, 0.3) is 0 Å². The summed E-state index contributed by atoms with van der Waals surface area (Å²) in [5, 5.41) is 3.96. The van der Waals surface area contributed by atoms with Crippen molar-refractivity contribution in [3.63, 3.8) is 0 Å². The third kappa shape index (κ3) is 1.91. The molecule has 102 valence electrons. The van der Waals surface area contributed by atoms with E-state index in [1.807, 2.05) is 30.3 Å². The Morgan fingerprint density at radius 2 is 1.90 bits per heavy atom. The Bertz CT molecular complexity index is 834. The van der Waals surface area contributed by atoms with Crippen molar-refractivity contribution in [3.8, 4) is 0 Å². The van der Waals surface area contributed by atoms with Gasteiger partial charge in [0.1, 0.15) is 5.52 Å². The number of rotatable bonds is 2. The molecule has 0 aliphatic heterocycles. The first-order chi connectivity index (χ1) is 9.58. The highest BCUT2D eigenvalue weighted by atomic mass is 19.1. The fourth-order valence-corrected chi connectivity index (χ4v) is 2.30. The first-order valence-corrected chi connectivity index (χ1v) is 6.37. The van der Waals surface area contributed by atoms with Gasteiger partial charge in [0.05, 0.1) is 12.2 Å². The Morgan fingerprint density at radius 3 is 2.60 bits per heavy atom.